The lowest BCUT2D eigenvalue weighted by Crippen LogP contribution is -2.53. The second-order valence-electron chi connectivity index (χ2n) is 7.10. The number of benzene rings is 2. The summed E-state index contributed by atoms with van der Waals surface area (Å²) in [4.78, 5) is 38.4. The first-order chi connectivity index (χ1) is 15.0. The number of para-hydroxylation sites is 1. The van der Waals surface area contributed by atoms with Gasteiger partial charge in [-0.05, 0) is 36.8 Å². The molecule has 1 fully saturated rings. The molecule has 0 aliphatic carbocycles. The zero-order valence-corrected chi connectivity index (χ0v) is 16.8. The van der Waals surface area contributed by atoms with E-state index in [9.17, 15) is 14.4 Å². The molecule has 0 unspecified atom stereocenters. The number of nitrogens with zero attached hydrogens (tertiary/aromatic N) is 1. The van der Waals surface area contributed by atoms with Crippen molar-refractivity contribution in [2.24, 2.45) is 0 Å². The molecule has 3 aromatic rings. The summed E-state index contributed by atoms with van der Waals surface area (Å²) in [5.41, 5.74) is 2.55. The van der Waals surface area contributed by atoms with E-state index in [1.165, 1.54) is 12.3 Å². The predicted octanol–water partition coefficient (Wildman–Crippen LogP) is 3.83. The van der Waals surface area contributed by atoms with Crippen LogP contribution in [0.15, 0.2) is 76.9 Å². The number of ether oxygens (including phenoxy) is 1. The first-order valence-corrected chi connectivity index (χ1v) is 9.70. The Morgan fingerprint density at radius 2 is 1.77 bits per heavy atom. The minimum Gasteiger partial charge on any atom is -0.488 e. The van der Waals surface area contributed by atoms with Crippen LogP contribution in [0, 0.1) is 6.92 Å². The van der Waals surface area contributed by atoms with E-state index in [4.69, 9.17) is 9.15 Å². The van der Waals surface area contributed by atoms with Crippen LogP contribution in [-0.4, -0.2) is 22.7 Å². The molecule has 4 amide bonds. The highest BCUT2D eigenvalue weighted by Crippen LogP contribution is 2.24. The number of hydrogen-bond donors (Lipinski definition) is 1. The Kier molecular flexibility index (Phi) is 5.66. The fourth-order valence-corrected chi connectivity index (χ4v) is 3.13. The van der Waals surface area contributed by atoms with E-state index < -0.39 is 17.8 Å². The first-order valence-electron chi connectivity index (χ1n) is 9.70. The smallest absolute Gasteiger partial charge is 0.331 e. The molecular weight excluding hydrogens is 396 g/mol. The van der Waals surface area contributed by atoms with Crippen molar-refractivity contribution in [3.05, 3.63) is 95.0 Å². The van der Waals surface area contributed by atoms with Crippen LogP contribution < -0.4 is 10.1 Å². The largest absolute Gasteiger partial charge is 0.488 e. The van der Waals surface area contributed by atoms with Crippen LogP contribution in [0.3, 0.4) is 0 Å². The van der Waals surface area contributed by atoms with Crippen molar-refractivity contribution in [3.63, 3.8) is 0 Å². The lowest BCUT2D eigenvalue weighted by molar-refractivity contribution is -0.130. The summed E-state index contributed by atoms with van der Waals surface area (Å²) in [5, 5.41) is 2.20. The molecule has 0 saturated carbocycles. The maximum atomic E-state index is 12.9. The summed E-state index contributed by atoms with van der Waals surface area (Å²) in [7, 11) is 0. The van der Waals surface area contributed by atoms with E-state index in [1.807, 2.05) is 37.3 Å². The molecule has 1 aliphatic heterocycles. The molecule has 1 aliphatic rings. The lowest BCUT2D eigenvalue weighted by Gasteiger charge is -2.25. The number of urea groups is 1. The maximum Gasteiger partial charge on any atom is 0.331 e. The van der Waals surface area contributed by atoms with Crippen molar-refractivity contribution < 1.29 is 23.5 Å². The van der Waals surface area contributed by atoms with Crippen molar-refractivity contribution >= 4 is 23.9 Å². The number of aryl methyl sites for hydroxylation is 1. The molecule has 1 N–H and O–H groups in total. The average molecular weight is 416 g/mol. The monoisotopic (exact) mass is 416 g/mol. The topological polar surface area (TPSA) is 88.8 Å². The number of hydrogen-bond acceptors (Lipinski definition) is 5. The number of amides is 4. The van der Waals surface area contributed by atoms with Crippen LogP contribution in [0.1, 0.15) is 22.5 Å². The highest BCUT2D eigenvalue weighted by atomic mass is 16.5. The molecule has 1 aromatic heterocycles. The lowest BCUT2D eigenvalue weighted by atomic mass is 10.1. The fraction of sp³-hybridized carbons (Fsp3) is 0.125. The van der Waals surface area contributed by atoms with Crippen LogP contribution in [0.25, 0.3) is 6.08 Å². The van der Waals surface area contributed by atoms with Crippen LogP contribution in [0.5, 0.6) is 5.75 Å². The van der Waals surface area contributed by atoms with E-state index in [1.54, 1.807) is 30.3 Å². The van der Waals surface area contributed by atoms with Gasteiger partial charge < -0.3 is 9.15 Å². The van der Waals surface area contributed by atoms with Crippen LogP contribution >= 0.6 is 0 Å². The molecule has 7 nitrogen and oxygen atoms in total. The molecule has 0 bridgehead atoms. The first kappa shape index (κ1) is 20.2. The van der Waals surface area contributed by atoms with Crippen molar-refractivity contribution in [1.82, 2.24) is 10.2 Å². The van der Waals surface area contributed by atoms with Crippen molar-refractivity contribution in [3.8, 4) is 5.75 Å². The van der Waals surface area contributed by atoms with Gasteiger partial charge in [-0.25, -0.2) is 4.79 Å². The Labute approximate surface area is 178 Å². The highest BCUT2D eigenvalue weighted by Gasteiger charge is 2.36. The number of barbiturate groups is 1. The summed E-state index contributed by atoms with van der Waals surface area (Å²) in [6.45, 7) is 2.27. The van der Waals surface area contributed by atoms with Gasteiger partial charge >= 0.3 is 6.03 Å². The van der Waals surface area contributed by atoms with E-state index in [0.717, 1.165) is 16.0 Å². The van der Waals surface area contributed by atoms with E-state index in [-0.39, 0.29) is 12.1 Å². The molecule has 0 spiro atoms. The molecule has 2 heterocycles. The molecule has 2 aromatic carbocycles. The minimum atomic E-state index is -0.785. The van der Waals surface area contributed by atoms with Gasteiger partial charge in [-0.15, -0.1) is 0 Å². The molecule has 31 heavy (non-hydrogen) atoms. The highest BCUT2D eigenvalue weighted by molar-refractivity contribution is 6.31. The number of nitrogens with one attached hydrogen (secondary N) is 1. The Bertz CT molecular complexity index is 1150. The summed E-state index contributed by atoms with van der Waals surface area (Å²) in [5.74, 6) is -0.498. The van der Waals surface area contributed by atoms with Gasteiger partial charge in [0.15, 0.2) is 0 Å². The van der Waals surface area contributed by atoms with Gasteiger partial charge in [-0.3, -0.25) is 19.8 Å². The molecule has 7 heteroatoms. The summed E-state index contributed by atoms with van der Waals surface area (Å²) in [6, 6.07) is 17.6. The van der Waals surface area contributed by atoms with Gasteiger partial charge in [0.25, 0.3) is 11.8 Å². The third kappa shape index (κ3) is 4.56. The zero-order chi connectivity index (χ0) is 21.8. The summed E-state index contributed by atoms with van der Waals surface area (Å²) < 4.78 is 11.1. The molecule has 0 atom stereocenters. The number of carbonyl (C=O) groups excluding carboxylic acids is 3. The van der Waals surface area contributed by atoms with Crippen molar-refractivity contribution in [2.45, 2.75) is 20.1 Å². The zero-order valence-electron chi connectivity index (χ0n) is 16.8. The van der Waals surface area contributed by atoms with Crippen LogP contribution in [0.2, 0.25) is 0 Å². The third-order valence-corrected chi connectivity index (χ3v) is 4.81. The quantitative estimate of drug-likeness (QED) is 0.487. The van der Waals surface area contributed by atoms with Gasteiger partial charge in [-0.2, -0.15) is 0 Å². The van der Waals surface area contributed by atoms with E-state index in [2.05, 4.69) is 5.32 Å². The normalized spacial score (nSPS) is 15.3. The number of carbonyl (C=O) groups is 3. The SMILES string of the molecule is Cc1ccc(COc2ccccc2/C=C2\C(=O)NC(=O)N(Cc3ccco3)C2=O)cc1. The van der Waals surface area contributed by atoms with Gasteiger partial charge in [0.2, 0.25) is 0 Å². The second-order valence-corrected chi connectivity index (χ2v) is 7.10. The van der Waals surface area contributed by atoms with Crippen LogP contribution in [-0.2, 0) is 22.7 Å². The Balaban J connectivity index is 1.57. The molecule has 0 radical (unpaired) electrons. The predicted molar refractivity (Wildman–Crippen MR) is 113 cm³/mol. The van der Waals surface area contributed by atoms with Crippen molar-refractivity contribution in [2.75, 3.05) is 0 Å². The average Bonchev–Trinajstić information content (AvgIpc) is 3.28. The third-order valence-electron chi connectivity index (χ3n) is 4.81. The second kappa shape index (κ2) is 8.71. The Hall–Kier alpha value is -4.13. The Morgan fingerprint density at radius 3 is 2.52 bits per heavy atom. The maximum absolute atomic E-state index is 12.9. The van der Waals surface area contributed by atoms with E-state index in [0.29, 0.717) is 23.7 Å². The number of furan rings is 1. The number of imide groups is 2. The van der Waals surface area contributed by atoms with Crippen LogP contribution in [0.4, 0.5) is 4.79 Å². The molecule has 156 valence electrons. The van der Waals surface area contributed by atoms with Gasteiger partial charge in [-0.1, -0.05) is 48.0 Å². The van der Waals surface area contributed by atoms with E-state index >= 15 is 0 Å². The standard InChI is InChI=1S/C24H20N2O5/c1-16-8-10-17(11-9-16)15-31-21-7-3-2-5-18(21)13-20-22(27)25-24(29)26(23(20)28)14-19-6-4-12-30-19/h2-13H,14-15H2,1H3,(H,25,27,29)/b20-13+. The summed E-state index contributed by atoms with van der Waals surface area (Å²) in [6.07, 6.45) is 2.88. The minimum absolute atomic E-state index is 0.0755. The van der Waals surface area contributed by atoms with Gasteiger partial charge in [0.05, 0.1) is 12.8 Å². The summed E-state index contributed by atoms with van der Waals surface area (Å²) >= 11 is 0. The fourth-order valence-electron chi connectivity index (χ4n) is 3.13. The van der Waals surface area contributed by atoms with Gasteiger partial charge in [0.1, 0.15) is 23.7 Å². The van der Waals surface area contributed by atoms with Crippen molar-refractivity contribution in [1.29, 1.82) is 0 Å². The van der Waals surface area contributed by atoms with Gasteiger partial charge in [0, 0.05) is 5.56 Å². The molecule has 1 saturated heterocycles. The molecule has 4 rings (SSSR count). The molecular formula is C24H20N2O5. The Morgan fingerprint density at radius 1 is 1.00 bits per heavy atom. The number of rotatable bonds is 6.